The summed E-state index contributed by atoms with van der Waals surface area (Å²) in [7, 11) is 2.07. The van der Waals surface area contributed by atoms with Gasteiger partial charge in [0.25, 0.3) is 0 Å². The van der Waals surface area contributed by atoms with E-state index in [1.807, 2.05) is 11.8 Å². The second kappa shape index (κ2) is 5.95. The lowest BCUT2D eigenvalue weighted by molar-refractivity contribution is -0.0762. The number of rotatable bonds is 5. The zero-order chi connectivity index (χ0) is 10.4. The number of likely N-dealkylation sites (N-methyl/N-ethyl adjacent to an activating group) is 1. The van der Waals surface area contributed by atoms with Crippen molar-refractivity contribution in [3.8, 4) is 0 Å². The first-order chi connectivity index (χ1) is 6.66. The molecular formula is C10H21NO2S. The fourth-order valence-electron chi connectivity index (χ4n) is 1.74. The molecule has 1 N–H and O–H groups in total. The number of nitrogens with zero attached hydrogens (tertiary/aromatic N) is 1. The highest BCUT2D eigenvalue weighted by Gasteiger charge is 2.30. The number of thioether (sulfide) groups is 1. The summed E-state index contributed by atoms with van der Waals surface area (Å²) in [5.41, 5.74) is -0.509. The molecule has 0 saturated carbocycles. The van der Waals surface area contributed by atoms with E-state index in [0.717, 1.165) is 31.7 Å². The Labute approximate surface area is 90.8 Å². The predicted molar refractivity (Wildman–Crippen MR) is 60.9 cm³/mol. The average Bonchev–Trinajstić information content (AvgIpc) is 2.15. The van der Waals surface area contributed by atoms with Crippen molar-refractivity contribution in [3.63, 3.8) is 0 Å². The molecule has 0 spiro atoms. The molecule has 0 aromatic heterocycles. The first-order valence-corrected chi connectivity index (χ1v) is 6.53. The Balaban J connectivity index is 2.25. The molecule has 1 saturated heterocycles. The molecule has 0 aliphatic carbocycles. The van der Waals surface area contributed by atoms with Crippen molar-refractivity contribution in [2.45, 2.75) is 18.4 Å². The fraction of sp³-hybridized carbons (Fsp3) is 1.00. The van der Waals surface area contributed by atoms with Crippen LogP contribution in [-0.4, -0.2) is 61.0 Å². The van der Waals surface area contributed by atoms with E-state index in [2.05, 4.69) is 18.2 Å². The van der Waals surface area contributed by atoms with E-state index in [1.54, 1.807) is 0 Å². The number of hydrogen-bond acceptors (Lipinski definition) is 4. The van der Waals surface area contributed by atoms with Gasteiger partial charge in [-0.05, 0) is 13.3 Å². The first-order valence-electron chi connectivity index (χ1n) is 5.14. The quantitative estimate of drug-likeness (QED) is 0.742. The summed E-state index contributed by atoms with van der Waals surface area (Å²) in [4.78, 5) is 2.21. The minimum atomic E-state index is -0.509. The Hall–Kier alpha value is 0.230. The number of aliphatic hydroxyl groups is 1. The lowest BCUT2D eigenvalue weighted by atomic mass is 9.94. The van der Waals surface area contributed by atoms with Crippen molar-refractivity contribution in [2.24, 2.45) is 0 Å². The van der Waals surface area contributed by atoms with Gasteiger partial charge in [-0.25, -0.2) is 0 Å². The lowest BCUT2D eigenvalue weighted by Gasteiger charge is -2.35. The summed E-state index contributed by atoms with van der Waals surface area (Å²) in [5.74, 6) is 1.13. The maximum absolute atomic E-state index is 10.2. The monoisotopic (exact) mass is 219 g/mol. The molecule has 0 aromatic rings. The van der Waals surface area contributed by atoms with E-state index in [1.165, 1.54) is 0 Å². The smallest absolute Gasteiger partial charge is 0.0817 e. The van der Waals surface area contributed by atoms with Crippen LogP contribution in [0.25, 0.3) is 0 Å². The minimum Gasteiger partial charge on any atom is -0.388 e. The summed E-state index contributed by atoms with van der Waals surface area (Å²) in [5, 5.41) is 10.2. The van der Waals surface area contributed by atoms with Crippen LogP contribution < -0.4 is 0 Å². The molecule has 0 bridgehead atoms. The molecule has 1 rings (SSSR count). The van der Waals surface area contributed by atoms with Crippen LogP contribution >= 0.6 is 11.8 Å². The van der Waals surface area contributed by atoms with Crippen LogP contribution in [0.3, 0.4) is 0 Å². The van der Waals surface area contributed by atoms with Gasteiger partial charge >= 0.3 is 0 Å². The largest absolute Gasteiger partial charge is 0.388 e. The predicted octanol–water partition coefficient (Wildman–Crippen LogP) is 0.823. The fourth-order valence-corrected chi connectivity index (χ4v) is 2.23. The van der Waals surface area contributed by atoms with Crippen molar-refractivity contribution in [2.75, 3.05) is 45.4 Å². The molecule has 1 heterocycles. The molecule has 0 unspecified atom stereocenters. The van der Waals surface area contributed by atoms with Gasteiger partial charge in [0.05, 0.1) is 5.60 Å². The van der Waals surface area contributed by atoms with E-state index >= 15 is 0 Å². The van der Waals surface area contributed by atoms with Crippen LogP contribution in [0.2, 0.25) is 0 Å². The van der Waals surface area contributed by atoms with Gasteiger partial charge in [0.15, 0.2) is 0 Å². The van der Waals surface area contributed by atoms with Crippen molar-refractivity contribution in [1.29, 1.82) is 0 Å². The van der Waals surface area contributed by atoms with Gasteiger partial charge in [-0.3, -0.25) is 0 Å². The van der Waals surface area contributed by atoms with Gasteiger partial charge in [0.2, 0.25) is 0 Å². The van der Waals surface area contributed by atoms with Crippen LogP contribution in [0.5, 0.6) is 0 Å². The van der Waals surface area contributed by atoms with Crippen molar-refractivity contribution in [1.82, 2.24) is 4.90 Å². The summed E-state index contributed by atoms with van der Waals surface area (Å²) in [6.45, 7) is 3.22. The zero-order valence-corrected chi connectivity index (χ0v) is 9.98. The Kier molecular flexibility index (Phi) is 5.23. The third-order valence-electron chi connectivity index (χ3n) is 2.66. The van der Waals surface area contributed by atoms with Gasteiger partial charge < -0.3 is 14.7 Å². The maximum Gasteiger partial charge on any atom is 0.0817 e. The standard InChI is InChI=1S/C10H21NO2S/c1-11(5-8-14-2)9-10(12)3-6-13-7-4-10/h12H,3-9H2,1-2H3. The number of hydrogen-bond donors (Lipinski definition) is 1. The van der Waals surface area contributed by atoms with Gasteiger partial charge in [-0.2, -0.15) is 11.8 Å². The second-order valence-electron chi connectivity index (χ2n) is 4.07. The summed E-state index contributed by atoms with van der Waals surface area (Å²) in [6, 6.07) is 0. The second-order valence-corrected chi connectivity index (χ2v) is 5.05. The van der Waals surface area contributed by atoms with Crippen LogP contribution in [0.4, 0.5) is 0 Å². The van der Waals surface area contributed by atoms with Gasteiger partial charge in [-0.1, -0.05) is 0 Å². The van der Waals surface area contributed by atoms with Crippen molar-refractivity contribution >= 4 is 11.8 Å². The third-order valence-corrected chi connectivity index (χ3v) is 3.26. The molecule has 4 heteroatoms. The normalized spacial score (nSPS) is 21.4. The van der Waals surface area contributed by atoms with Crippen molar-refractivity contribution < 1.29 is 9.84 Å². The van der Waals surface area contributed by atoms with Crippen LogP contribution in [-0.2, 0) is 4.74 Å². The lowest BCUT2D eigenvalue weighted by Crippen LogP contribution is -2.46. The SMILES string of the molecule is CSCCN(C)CC1(O)CCOCC1. The molecule has 1 aliphatic heterocycles. The van der Waals surface area contributed by atoms with E-state index in [4.69, 9.17) is 4.74 Å². The molecule has 0 radical (unpaired) electrons. The maximum atomic E-state index is 10.2. The molecule has 14 heavy (non-hydrogen) atoms. The molecule has 1 fully saturated rings. The minimum absolute atomic E-state index is 0.509. The molecule has 84 valence electrons. The van der Waals surface area contributed by atoms with Gasteiger partial charge in [0.1, 0.15) is 0 Å². The molecule has 0 amide bonds. The third kappa shape index (κ3) is 4.17. The highest BCUT2D eigenvalue weighted by atomic mass is 32.2. The average molecular weight is 219 g/mol. The van der Waals surface area contributed by atoms with Crippen LogP contribution in [0.1, 0.15) is 12.8 Å². The Morgan fingerprint density at radius 1 is 1.43 bits per heavy atom. The van der Waals surface area contributed by atoms with E-state index in [9.17, 15) is 5.11 Å². The van der Waals surface area contributed by atoms with Gasteiger partial charge in [0, 0.05) is 44.9 Å². The van der Waals surface area contributed by atoms with Crippen LogP contribution in [0.15, 0.2) is 0 Å². The highest BCUT2D eigenvalue weighted by Crippen LogP contribution is 2.21. The summed E-state index contributed by atoms with van der Waals surface area (Å²) in [6.07, 6.45) is 3.66. The summed E-state index contributed by atoms with van der Waals surface area (Å²) < 4.78 is 5.24. The molecule has 3 nitrogen and oxygen atoms in total. The van der Waals surface area contributed by atoms with Crippen LogP contribution in [0, 0.1) is 0 Å². The molecular weight excluding hydrogens is 198 g/mol. The zero-order valence-electron chi connectivity index (χ0n) is 9.16. The first kappa shape index (κ1) is 12.3. The summed E-state index contributed by atoms with van der Waals surface area (Å²) >= 11 is 1.84. The molecule has 0 aromatic carbocycles. The number of ether oxygens (including phenoxy) is 1. The van der Waals surface area contributed by atoms with Gasteiger partial charge in [-0.15, -0.1) is 0 Å². The molecule has 1 aliphatic rings. The van der Waals surface area contributed by atoms with E-state index < -0.39 is 5.60 Å². The topological polar surface area (TPSA) is 32.7 Å². The van der Waals surface area contributed by atoms with Crippen molar-refractivity contribution in [3.05, 3.63) is 0 Å². The highest BCUT2D eigenvalue weighted by molar-refractivity contribution is 7.98. The van der Waals surface area contributed by atoms with E-state index in [0.29, 0.717) is 13.2 Å². The molecule has 0 atom stereocenters. The Morgan fingerprint density at radius 3 is 2.64 bits per heavy atom. The Bertz CT molecular complexity index is 160. The van der Waals surface area contributed by atoms with E-state index in [-0.39, 0.29) is 0 Å². The Morgan fingerprint density at radius 2 is 2.07 bits per heavy atom.